The molecular weight excluding hydrogens is 458 g/mol. The lowest BCUT2D eigenvalue weighted by Crippen LogP contribution is -2.52. The number of hydrogen-bond donors (Lipinski definition) is 1. The van der Waals surface area contributed by atoms with Crippen molar-refractivity contribution in [1.82, 2.24) is 14.5 Å². The Hall–Kier alpha value is -2.69. The molecule has 3 rings (SSSR count). The van der Waals surface area contributed by atoms with Crippen molar-refractivity contribution in [3.8, 4) is 17.2 Å². The first-order valence-electron chi connectivity index (χ1n) is 9.87. The standard InChI is InChI=1S/C21H26ClN3O6S/c1-29-18-11-15(12-19(30-2)20(18)31-3)14-23-21(26)24-7-9-25(10-8-24)32(27,28)17-6-4-5-16(22)13-17/h4-6,11-13H,7-10,14H2,1-3H3,(H,23,26). The maximum absolute atomic E-state index is 12.8. The summed E-state index contributed by atoms with van der Waals surface area (Å²) in [5.41, 5.74) is 0.773. The number of nitrogens with zero attached hydrogens (tertiary/aromatic N) is 2. The van der Waals surface area contributed by atoms with Crippen LogP contribution in [0.4, 0.5) is 4.79 Å². The largest absolute Gasteiger partial charge is 0.493 e. The third kappa shape index (κ3) is 5.20. The molecule has 0 unspecified atom stereocenters. The van der Waals surface area contributed by atoms with Gasteiger partial charge in [0, 0.05) is 37.7 Å². The number of nitrogens with one attached hydrogen (secondary N) is 1. The molecule has 0 saturated carbocycles. The van der Waals surface area contributed by atoms with Crippen molar-refractivity contribution in [2.24, 2.45) is 0 Å². The molecule has 0 spiro atoms. The number of rotatable bonds is 7. The van der Waals surface area contributed by atoms with Crippen LogP contribution in [0, 0.1) is 0 Å². The summed E-state index contributed by atoms with van der Waals surface area (Å²) in [4.78, 5) is 14.3. The van der Waals surface area contributed by atoms with Crippen LogP contribution in [0.1, 0.15) is 5.56 Å². The Balaban J connectivity index is 1.59. The molecule has 0 atom stereocenters. The first-order chi connectivity index (χ1) is 15.3. The van der Waals surface area contributed by atoms with E-state index in [2.05, 4.69) is 5.32 Å². The quantitative estimate of drug-likeness (QED) is 0.650. The maximum Gasteiger partial charge on any atom is 0.317 e. The number of sulfonamides is 1. The molecule has 1 N–H and O–H groups in total. The molecule has 2 aromatic rings. The molecule has 1 aliphatic heterocycles. The van der Waals surface area contributed by atoms with E-state index in [1.807, 2.05) is 0 Å². The number of methoxy groups -OCH3 is 3. The fraction of sp³-hybridized carbons (Fsp3) is 0.381. The maximum atomic E-state index is 12.8. The summed E-state index contributed by atoms with van der Waals surface area (Å²) in [7, 11) is 0.911. The highest BCUT2D eigenvalue weighted by atomic mass is 35.5. The normalized spacial score (nSPS) is 14.7. The Bertz CT molecular complexity index is 1050. The van der Waals surface area contributed by atoms with E-state index >= 15 is 0 Å². The molecule has 11 heteroatoms. The molecular formula is C21H26ClN3O6S. The van der Waals surface area contributed by atoms with Gasteiger partial charge in [-0.3, -0.25) is 0 Å². The number of halogens is 1. The Kier molecular flexibility index (Phi) is 7.70. The number of benzene rings is 2. The molecule has 174 valence electrons. The Labute approximate surface area is 192 Å². The highest BCUT2D eigenvalue weighted by Crippen LogP contribution is 2.38. The highest BCUT2D eigenvalue weighted by molar-refractivity contribution is 7.89. The summed E-state index contributed by atoms with van der Waals surface area (Å²) in [5.74, 6) is 1.47. The van der Waals surface area contributed by atoms with Crippen LogP contribution >= 0.6 is 11.6 Å². The van der Waals surface area contributed by atoms with Crippen LogP contribution in [0.5, 0.6) is 17.2 Å². The lowest BCUT2D eigenvalue weighted by atomic mass is 10.2. The van der Waals surface area contributed by atoms with Gasteiger partial charge in [-0.05, 0) is 35.9 Å². The number of carbonyl (C=O) groups excluding carboxylic acids is 1. The second-order valence-electron chi connectivity index (χ2n) is 7.04. The van der Waals surface area contributed by atoms with Gasteiger partial charge in [0.1, 0.15) is 0 Å². The second kappa shape index (κ2) is 10.3. The zero-order chi connectivity index (χ0) is 23.3. The minimum Gasteiger partial charge on any atom is -0.493 e. The zero-order valence-corrected chi connectivity index (χ0v) is 19.7. The molecule has 1 fully saturated rings. The van der Waals surface area contributed by atoms with Gasteiger partial charge in [0.15, 0.2) is 11.5 Å². The second-order valence-corrected chi connectivity index (χ2v) is 9.42. The van der Waals surface area contributed by atoms with Crippen molar-refractivity contribution in [2.75, 3.05) is 47.5 Å². The van der Waals surface area contributed by atoms with E-state index in [9.17, 15) is 13.2 Å². The number of piperazine rings is 1. The molecule has 1 aliphatic rings. The molecule has 0 aliphatic carbocycles. The monoisotopic (exact) mass is 483 g/mol. The smallest absolute Gasteiger partial charge is 0.317 e. The van der Waals surface area contributed by atoms with E-state index < -0.39 is 10.0 Å². The molecule has 0 radical (unpaired) electrons. The fourth-order valence-corrected chi connectivity index (χ4v) is 5.16. The van der Waals surface area contributed by atoms with Crippen LogP contribution in [0.25, 0.3) is 0 Å². The predicted octanol–water partition coefficient (Wildman–Crippen LogP) is 2.58. The zero-order valence-electron chi connectivity index (χ0n) is 18.1. The third-order valence-electron chi connectivity index (χ3n) is 5.13. The van der Waals surface area contributed by atoms with Crippen molar-refractivity contribution >= 4 is 27.7 Å². The summed E-state index contributed by atoms with van der Waals surface area (Å²) in [6.45, 7) is 1.21. The van der Waals surface area contributed by atoms with Crippen LogP contribution in [-0.4, -0.2) is 71.2 Å². The van der Waals surface area contributed by atoms with Crippen LogP contribution in [0.2, 0.25) is 5.02 Å². The minimum atomic E-state index is -3.66. The number of carbonyl (C=O) groups is 1. The van der Waals surface area contributed by atoms with Crippen molar-refractivity contribution in [1.29, 1.82) is 0 Å². The first kappa shape index (κ1) is 24.0. The molecule has 2 amide bonds. The number of amides is 2. The molecule has 1 saturated heterocycles. The number of ether oxygens (including phenoxy) is 3. The summed E-state index contributed by atoms with van der Waals surface area (Å²) in [6, 6.07) is 9.40. The minimum absolute atomic E-state index is 0.144. The van der Waals surface area contributed by atoms with Gasteiger partial charge in [0.05, 0.1) is 26.2 Å². The molecule has 0 aromatic heterocycles. The molecule has 32 heavy (non-hydrogen) atoms. The van der Waals surface area contributed by atoms with Crippen LogP contribution < -0.4 is 19.5 Å². The Morgan fingerprint density at radius 3 is 2.16 bits per heavy atom. The van der Waals surface area contributed by atoms with Crippen LogP contribution in [0.15, 0.2) is 41.3 Å². The number of urea groups is 1. The molecule has 9 nitrogen and oxygen atoms in total. The summed E-state index contributed by atoms with van der Waals surface area (Å²) >= 11 is 5.93. The summed E-state index contributed by atoms with van der Waals surface area (Å²) < 4.78 is 43.0. The Morgan fingerprint density at radius 2 is 1.62 bits per heavy atom. The summed E-state index contributed by atoms with van der Waals surface area (Å²) in [5, 5.41) is 3.21. The lowest BCUT2D eigenvalue weighted by molar-refractivity contribution is 0.172. The highest BCUT2D eigenvalue weighted by Gasteiger charge is 2.30. The van der Waals surface area contributed by atoms with Crippen molar-refractivity contribution in [3.63, 3.8) is 0 Å². The van der Waals surface area contributed by atoms with Crippen LogP contribution in [-0.2, 0) is 16.6 Å². The van der Waals surface area contributed by atoms with Gasteiger partial charge in [-0.15, -0.1) is 0 Å². The third-order valence-corrected chi connectivity index (χ3v) is 7.26. The van der Waals surface area contributed by atoms with Crippen molar-refractivity contribution in [2.45, 2.75) is 11.4 Å². The van der Waals surface area contributed by atoms with Gasteiger partial charge < -0.3 is 24.4 Å². The van der Waals surface area contributed by atoms with E-state index in [-0.39, 0.29) is 43.7 Å². The van der Waals surface area contributed by atoms with Gasteiger partial charge in [-0.2, -0.15) is 4.31 Å². The van der Waals surface area contributed by atoms with Crippen molar-refractivity contribution in [3.05, 3.63) is 47.0 Å². The van der Waals surface area contributed by atoms with Gasteiger partial charge in [-0.1, -0.05) is 17.7 Å². The molecule has 1 heterocycles. The van der Waals surface area contributed by atoms with E-state index in [0.29, 0.717) is 22.3 Å². The van der Waals surface area contributed by atoms with Gasteiger partial charge in [0.25, 0.3) is 0 Å². The Morgan fingerprint density at radius 1 is 1.00 bits per heavy atom. The molecule has 0 bridgehead atoms. The van der Waals surface area contributed by atoms with E-state index in [1.165, 1.54) is 37.8 Å². The van der Waals surface area contributed by atoms with Gasteiger partial charge in [-0.25, -0.2) is 13.2 Å². The lowest BCUT2D eigenvalue weighted by Gasteiger charge is -2.34. The summed E-state index contributed by atoms with van der Waals surface area (Å²) in [6.07, 6.45) is 0. The molecule has 2 aromatic carbocycles. The van der Waals surface area contributed by atoms with Gasteiger partial charge in [0.2, 0.25) is 15.8 Å². The topological polar surface area (TPSA) is 97.4 Å². The van der Waals surface area contributed by atoms with Crippen molar-refractivity contribution < 1.29 is 27.4 Å². The number of hydrogen-bond acceptors (Lipinski definition) is 6. The SMILES string of the molecule is COc1cc(CNC(=O)N2CCN(S(=O)(=O)c3cccc(Cl)c3)CC2)cc(OC)c1OC. The van der Waals surface area contributed by atoms with Crippen LogP contribution in [0.3, 0.4) is 0 Å². The van der Waals surface area contributed by atoms with Gasteiger partial charge >= 0.3 is 6.03 Å². The first-order valence-corrected chi connectivity index (χ1v) is 11.7. The predicted molar refractivity (Wildman–Crippen MR) is 120 cm³/mol. The van der Waals surface area contributed by atoms with E-state index in [4.69, 9.17) is 25.8 Å². The fourth-order valence-electron chi connectivity index (χ4n) is 3.44. The van der Waals surface area contributed by atoms with E-state index in [1.54, 1.807) is 29.2 Å². The average molecular weight is 484 g/mol. The average Bonchev–Trinajstić information content (AvgIpc) is 2.81. The van der Waals surface area contributed by atoms with E-state index in [0.717, 1.165) is 5.56 Å².